The molecule has 0 saturated heterocycles. The number of nitrogens with zero attached hydrogens (tertiary/aromatic N) is 1. The van der Waals surface area contributed by atoms with E-state index in [0.29, 0.717) is 0 Å². The van der Waals surface area contributed by atoms with Crippen LogP contribution in [0.2, 0.25) is 0 Å². The van der Waals surface area contributed by atoms with Crippen molar-refractivity contribution in [3.63, 3.8) is 0 Å². The zero-order valence-corrected chi connectivity index (χ0v) is 9.23. The van der Waals surface area contributed by atoms with Gasteiger partial charge in [-0.2, -0.15) is 0 Å². The van der Waals surface area contributed by atoms with Gasteiger partial charge in [0.2, 0.25) is 0 Å². The molecule has 57 valence electrons. The third kappa shape index (κ3) is 22.9. The number of hydrogen-bond acceptors (Lipinski definition) is 3. The van der Waals surface area contributed by atoms with E-state index in [1.54, 1.807) is 0 Å². The minimum atomic E-state index is -0.504. The largest absolute Gasteiger partial charge is 0.428 e. The van der Waals surface area contributed by atoms with Crippen LogP contribution in [0.15, 0.2) is 0 Å². The zero-order chi connectivity index (χ0) is 5.70. The molecule has 0 fully saturated rings. The van der Waals surface area contributed by atoms with Crippen LogP contribution < -0.4 is 0 Å². The summed E-state index contributed by atoms with van der Waals surface area (Å²) in [6, 6.07) is 0. The molecule has 0 aromatic carbocycles. The van der Waals surface area contributed by atoms with Crippen LogP contribution >= 0.6 is 0 Å². The maximum atomic E-state index is 9.42. The van der Waals surface area contributed by atoms with E-state index in [9.17, 15) is 10.1 Å². The van der Waals surface area contributed by atoms with Crippen LogP contribution in [0.25, 0.3) is 0 Å². The first-order valence-corrected chi connectivity index (χ1v) is 1.81. The van der Waals surface area contributed by atoms with E-state index in [1.807, 2.05) is 0 Å². The van der Waals surface area contributed by atoms with E-state index in [1.165, 1.54) is 6.42 Å². The minimum absolute atomic E-state index is 0. The standard InChI is InChI=1S/C3H6NO3.3V/c5-3-1-2-4(6)7;;;/h1,5H,2-3H2;;;/q-1;;;. The Kier molecular flexibility index (Phi) is 37.3. The second kappa shape index (κ2) is 16.6. The molecule has 0 rings (SSSR count). The summed E-state index contributed by atoms with van der Waals surface area (Å²) in [6.45, 7) is -0.475. The monoisotopic (exact) mass is 257 g/mol. The molecule has 0 aromatic rings. The van der Waals surface area contributed by atoms with E-state index in [4.69, 9.17) is 5.11 Å². The molecule has 0 aliphatic carbocycles. The normalized spacial score (nSPS) is 6.10. The van der Waals surface area contributed by atoms with Crippen molar-refractivity contribution >= 4 is 0 Å². The average Bonchev–Trinajstić information content (AvgIpc) is 1.61. The third-order valence-corrected chi connectivity index (χ3v) is 0.407. The van der Waals surface area contributed by atoms with E-state index in [0.717, 1.165) is 0 Å². The van der Waals surface area contributed by atoms with Gasteiger partial charge in [-0.3, -0.25) is 10.1 Å². The number of aliphatic hydroxyl groups is 1. The van der Waals surface area contributed by atoms with Gasteiger partial charge in [0, 0.05) is 55.7 Å². The molecule has 7 heteroatoms. The third-order valence-electron chi connectivity index (χ3n) is 0.407. The van der Waals surface area contributed by atoms with Gasteiger partial charge in [-0.1, -0.05) is 6.61 Å². The van der Waals surface area contributed by atoms with Crippen LogP contribution in [0, 0.1) is 16.5 Å². The molecule has 0 amide bonds. The molecule has 0 aromatic heterocycles. The fourth-order valence-corrected chi connectivity index (χ4v) is 0.163. The molecule has 0 unspecified atom stereocenters. The van der Waals surface area contributed by atoms with Gasteiger partial charge in [0.05, 0.1) is 6.54 Å². The quantitative estimate of drug-likeness (QED) is 0.419. The Morgan fingerprint density at radius 2 is 1.80 bits per heavy atom. The fourth-order valence-electron chi connectivity index (χ4n) is 0.163. The molecule has 0 atom stereocenters. The summed E-state index contributed by atoms with van der Waals surface area (Å²) >= 11 is 0. The predicted molar refractivity (Wildman–Crippen MR) is 23.2 cm³/mol. The van der Waals surface area contributed by atoms with Crippen molar-refractivity contribution in [2.75, 3.05) is 13.2 Å². The number of rotatable bonds is 3. The molecule has 0 bridgehead atoms. The summed E-state index contributed by atoms with van der Waals surface area (Å²) in [5.74, 6) is 0. The number of nitro groups is 1. The Balaban J connectivity index is -0.0000000600. The van der Waals surface area contributed by atoms with Crippen LogP contribution in [0.1, 0.15) is 0 Å². The molecule has 3 radical (unpaired) electrons. The van der Waals surface area contributed by atoms with Crippen molar-refractivity contribution in [2.24, 2.45) is 0 Å². The minimum Gasteiger partial charge on any atom is -0.428 e. The van der Waals surface area contributed by atoms with E-state index >= 15 is 0 Å². The second-order valence-corrected chi connectivity index (χ2v) is 0.987. The molecule has 4 nitrogen and oxygen atoms in total. The average molecular weight is 257 g/mol. The molecular formula is C3H6NO3V3-. The summed E-state index contributed by atoms with van der Waals surface area (Å²) in [6.07, 6.45) is 1.18. The van der Waals surface area contributed by atoms with Crippen LogP contribution in [-0.2, 0) is 55.7 Å². The first kappa shape index (κ1) is 22.5. The van der Waals surface area contributed by atoms with Crippen molar-refractivity contribution in [1.29, 1.82) is 0 Å². The van der Waals surface area contributed by atoms with Crippen molar-refractivity contribution in [2.45, 2.75) is 0 Å². The Morgan fingerprint density at radius 3 is 1.90 bits per heavy atom. The molecule has 1 N–H and O–H groups in total. The summed E-state index contributed by atoms with van der Waals surface area (Å²) in [5, 5.41) is 17.4. The molecule has 10 heavy (non-hydrogen) atoms. The van der Waals surface area contributed by atoms with Crippen LogP contribution in [0.3, 0.4) is 0 Å². The van der Waals surface area contributed by atoms with E-state index in [2.05, 4.69) is 0 Å². The predicted octanol–water partition coefficient (Wildman–Crippen LogP) is -0.548. The Morgan fingerprint density at radius 1 is 1.40 bits per heavy atom. The van der Waals surface area contributed by atoms with Crippen molar-refractivity contribution in [3.05, 3.63) is 16.5 Å². The topological polar surface area (TPSA) is 63.4 Å². The van der Waals surface area contributed by atoms with Gasteiger partial charge in [-0.15, -0.1) is 0 Å². The summed E-state index contributed by atoms with van der Waals surface area (Å²) in [7, 11) is 0. The molecule has 0 aliphatic rings. The van der Waals surface area contributed by atoms with Gasteiger partial charge in [-0.05, 0) is 4.92 Å². The van der Waals surface area contributed by atoms with Crippen LogP contribution in [-0.4, -0.2) is 23.2 Å². The summed E-state index contributed by atoms with van der Waals surface area (Å²) < 4.78 is 0. The van der Waals surface area contributed by atoms with Gasteiger partial charge in [0.25, 0.3) is 0 Å². The zero-order valence-electron chi connectivity index (χ0n) is 5.04. The summed E-state index contributed by atoms with van der Waals surface area (Å²) in [5.41, 5.74) is 0. The molecule has 0 aliphatic heterocycles. The van der Waals surface area contributed by atoms with Gasteiger partial charge in [-0.25, -0.2) is 6.42 Å². The van der Waals surface area contributed by atoms with E-state index < -0.39 is 4.92 Å². The van der Waals surface area contributed by atoms with Gasteiger partial charge >= 0.3 is 0 Å². The smallest absolute Gasteiger partial charge is 0.0911 e. The number of hydrogen-bond donors (Lipinski definition) is 1. The fraction of sp³-hybridized carbons (Fsp3) is 0.667. The van der Waals surface area contributed by atoms with Crippen molar-refractivity contribution in [1.82, 2.24) is 0 Å². The van der Waals surface area contributed by atoms with Gasteiger partial charge in [0.1, 0.15) is 0 Å². The van der Waals surface area contributed by atoms with Crippen molar-refractivity contribution in [3.8, 4) is 0 Å². The Bertz CT molecular complexity index is 72.0. The first-order chi connectivity index (χ1) is 3.27. The van der Waals surface area contributed by atoms with Gasteiger partial charge < -0.3 is 5.11 Å². The second-order valence-electron chi connectivity index (χ2n) is 0.987. The molecule has 0 heterocycles. The molecular weight excluding hydrogens is 251 g/mol. The maximum absolute atomic E-state index is 9.42. The number of aliphatic hydroxyl groups excluding tert-OH is 1. The van der Waals surface area contributed by atoms with Crippen molar-refractivity contribution < 1.29 is 65.7 Å². The maximum Gasteiger partial charge on any atom is 0.0911 e. The first-order valence-electron chi connectivity index (χ1n) is 1.81. The molecule has 0 saturated carbocycles. The van der Waals surface area contributed by atoms with Crippen LogP contribution in [0.4, 0.5) is 0 Å². The molecule has 0 spiro atoms. The summed E-state index contributed by atoms with van der Waals surface area (Å²) in [4.78, 5) is 8.92. The Hall–Kier alpha value is 1.11. The Labute approximate surface area is 94.9 Å². The van der Waals surface area contributed by atoms with Gasteiger partial charge in [0.15, 0.2) is 0 Å². The SMILES string of the molecule is O=[N+]([O-])C[CH-]CO.[V].[V].[V]. The van der Waals surface area contributed by atoms with Crippen LogP contribution in [0.5, 0.6) is 0 Å². The van der Waals surface area contributed by atoms with E-state index in [-0.39, 0.29) is 68.8 Å².